The summed E-state index contributed by atoms with van der Waals surface area (Å²) in [4.78, 5) is 31.1. The first kappa shape index (κ1) is 18.2. The number of nitrogens with zero attached hydrogens (tertiary/aromatic N) is 3. The molecule has 7 heteroatoms. The fraction of sp³-hybridized carbons (Fsp3) is 0.600. The molecule has 0 aromatic heterocycles. The predicted octanol–water partition coefficient (Wildman–Crippen LogP) is 2.41. The molecule has 1 spiro atoms. The highest BCUT2D eigenvalue weighted by atomic mass is 19.1. The third-order valence-electron chi connectivity index (χ3n) is 6.28. The van der Waals surface area contributed by atoms with Crippen molar-refractivity contribution in [1.82, 2.24) is 15.1 Å². The van der Waals surface area contributed by atoms with Gasteiger partial charge in [-0.25, -0.2) is 14.1 Å². The number of imide groups is 1. The van der Waals surface area contributed by atoms with Crippen LogP contribution in [0.25, 0.3) is 0 Å². The van der Waals surface area contributed by atoms with Gasteiger partial charge in [-0.15, -0.1) is 0 Å². The first-order valence-corrected chi connectivity index (χ1v) is 9.84. The van der Waals surface area contributed by atoms with Gasteiger partial charge in [0.05, 0.1) is 6.67 Å². The third-order valence-corrected chi connectivity index (χ3v) is 6.28. The Morgan fingerprint density at radius 1 is 1.07 bits per heavy atom. The quantitative estimate of drug-likeness (QED) is 0.826. The molecule has 2 heterocycles. The second-order valence-corrected chi connectivity index (χ2v) is 8.15. The molecule has 3 aliphatic rings. The molecule has 0 atom stereocenters. The third kappa shape index (κ3) is 3.52. The largest absolute Gasteiger partial charge is 0.369 e. The zero-order chi connectivity index (χ0) is 19.0. The molecule has 1 aromatic rings. The topological polar surface area (TPSA) is 55.9 Å². The summed E-state index contributed by atoms with van der Waals surface area (Å²) in [5, 5.41) is 2.98. The molecule has 1 saturated carbocycles. The lowest BCUT2D eigenvalue weighted by molar-refractivity contribution is -0.134. The molecular formula is C20H27FN4O2. The van der Waals surface area contributed by atoms with Crippen molar-refractivity contribution in [3.63, 3.8) is 0 Å². The molecule has 0 bridgehead atoms. The number of hydrogen-bond acceptors (Lipinski definition) is 4. The Labute approximate surface area is 159 Å². The van der Waals surface area contributed by atoms with Gasteiger partial charge in [-0.2, -0.15) is 0 Å². The zero-order valence-electron chi connectivity index (χ0n) is 15.8. The number of anilines is 1. The van der Waals surface area contributed by atoms with Gasteiger partial charge in [0.1, 0.15) is 11.4 Å². The van der Waals surface area contributed by atoms with E-state index in [1.54, 1.807) is 12.1 Å². The Hall–Kier alpha value is -2.15. The van der Waals surface area contributed by atoms with E-state index >= 15 is 0 Å². The zero-order valence-corrected chi connectivity index (χ0v) is 15.8. The number of halogens is 1. The first-order valence-electron chi connectivity index (χ1n) is 9.84. The Bertz CT molecular complexity index is 707. The van der Waals surface area contributed by atoms with Gasteiger partial charge in [0.25, 0.3) is 5.91 Å². The minimum atomic E-state index is -0.667. The van der Waals surface area contributed by atoms with Crippen LogP contribution in [-0.2, 0) is 4.79 Å². The van der Waals surface area contributed by atoms with Crippen LogP contribution in [0.3, 0.4) is 0 Å². The van der Waals surface area contributed by atoms with Crippen molar-refractivity contribution in [3.05, 3.63) is 30.1 Å². The van der Waals surface area contributed by atoms with Crippen molar-refractivity contribution in [3.8, 4) is 0 Å². The van der Waals surface area contributed by atoms with Crippen LogP contribution >= 0.6 is 0 Å². The van der Waals surface area contributed by atoms with Crippen LogP contribution in [0.2, 0.25) is 0 Å². The molecule has 3 amide bonds. The van der Waals surface area contributed by atoms with Gasteiger partial charge in [-0.1, -0.05) is 6.92 Å². The lowest BCUT2D eigenvalue weighted by Crippen LogP contribution is -2.52. The average molecular weight is 374 g/mol. The fourth-order valence-corrected chi connectivity index (χ4v) is 4.40. The maximum absolute atomic E-state index is 13.1. The standard InChI is InChI=1S/C20H27FN4O2/c1-15-6-8-20(9-7-15)18(26)25(19(27)22-20)14-23-10-12-24(13-11-23)17-4-2-16(21)3-5-17/h2-5,15H,6-14H2,1H3,(H,22,27). The van der Waals surface area contributed by atoms with Crippen molar-refractivity contribution in [1.29, 1.82) is 0 Å². The van der Waals surface area contributed by atoms with Crippen molar-refractivity contribution in [2.45, 2.75) is 38.1 Å². The van der Waals surface area contributed by atoms with Crippen LogP contribution in [-0.4, -0.2) is 60.1 Å². The van der Waals surface area contributed by atoms with E-state index < -0.39 is 5.54 Å². The second kappa shape index (κ2) is 7.11. The summed E-state index contributed by atoms with van der Waals surface area (Å²) >= 11 is 0. The van der Waals surface area contributed by atoms with Gasteiger partial charge in [0.15, 0.2) is 0 Å². The predicted molar refractivity (Wildman–Crippen MR) is 101 cm³/mol. The van der Waals surface area contributed by atoms with Crippen molar-refractivity contribution >= 4 is 17.6 Å². The van der Waals surface area contributed by atoms with E-state index in [0.717, 1.165) is 57.5 Å². The van der Waals surface area contributed by atoms with E-state index in [-0.39, 0.29) is 17.8 Å². The summed E-state index contributed by atoms with van der Waals surface area (Å²) < 4.78 is 13.1. The number of carbonyl (C=O) groups excluding carboxylic acids is 2. The molecule has 6 nitrogen and oxygen atoms in total. The van der Waals surface area contributed by atoms with Gasteiger partial charge >= 0.3 is 6.03 Å². The van der Waals surface area contributed by atoms with Crippen molar-refractivity contribution in [2.24, 2.45) is 5.92 Å². The van der Waals surface area contributed by atoms with Crippen LogP contribution in [0.4, 0.5) is 14.9 Å². The number of benzene rings is 1. The van der Waals surface area contributed by atoms with Gasteiger partial charge in [0, 0.05) is 31.9 Å². The summed E-state index contributed by atoms with van der Waals surface area (Å²) in [6.45, 7) is 5.65. The number of rotatable bonds is 3. The molecule has 146 valence electrons. The highest BCUT2D eigenvalue weighted by Gasteiger charge is 2.52. The van der Waals surface area contributed by atoms with Crippen molar-refractivity contribution < 1.29 is 14.0 Å². The van der Waals surface area contributed by atoms with Gasteiger partial charge < -0.3 is 10.2 Å². The Balaban J connectivity index is 1.34. The van der Waals surface area contributed by atoms with Crippen LogP contribution in [0, 0.1) is 11.7 Å². The van der Waals surface area contributed by atoms with Crippen LogP contribution in [0.15, 0.2) is 24.3 Å². The van der Waals surface area contributed by atoms with Gasteiger partial charge in [-0.05, 0) is 55.9 Å². The molecule has 0 radical (unpaired) electrons. The molecule has 0 unspecified atom stereocenters. The molecular weight excluding hydrogens is 347 g/mol. The Morgan fingerprint density at radius 2 is 1.70 bits per heavy atom. The number of amides is 3. The molecule has 27 heavy (non-hydrogen) atoms. The maximum Gasteiger partial charge on any atom is 0.326 e. The normalized spacial score (nSPS) is 29.5. The first-order chi connectivity index (χ1) is 13.0. The molecule has 1 N–H and O–H groups in total. The molecule has 1 aromatic carbocycles. The summed E-state index contributed by atoms with van der Waals surface area (Å²) in [6, 6.07) is 6.27. The van der Waals surface area contributed by atoms with E-state index in [4.69, 9.17) is 0 Å². The van der Waals surface area contributed by atoms with Crippen LogP contribution in [0.5, 0.6) is 0 Å². The monoisotopic (exact) mass is 374 g/mol. The van der Waals surface area contributed by atoms with Gasteiger partial charge in [-0.3, -0.25) is 9.69 Å². The lowest BCUT2D eigenvalue weighted by atomic mass is 9.77. The maximum atomic E-state index is 13.1. The number of piperazine rings is 1. The van der Waals surface area contributed by atoms with Crippen molar-refractivity contribution in [2.75, 3.05) is 37.7 Å². The van der Waals surface area contributed by atoms with Gasteiger partial charge in [0.2, 0.25) is 0 Å². The smallest absolute Gasteiger partial charge is 0.326 e. The van der Waals surface area contributed by atoms with E-state index in [2.05, 4.69) is 22.0 Å². The fourth-order valence-electron chi connectivity index (χ4n) is 4.40. The van der Waals surface area contributed by atoms with E-state index in [0.29, 0.717) is 12.6 Å². The Morgan fingerprint density at radius 3 is 2.33 bits per heavy atom. The molecule has 1 aliphatic carbocycles. The number of nitrogens with one attached hydrogen (secondary N) is 1. The number of carbonyl (C=O) groups is 2. The lowest BCUT2D eigenvalue weighted by Gasteiger charge is -2.37. The summed E-state index contributed by atoms with van der Waals surface area (Å²) in [7, 11) is 0. The molecule has 2 saturated heterocycles. The number of hydrogen-bond donors (Lipinski definition) is 1. The highest BCUT2D eigenvalue weighted by Crippen LogP contribution is 2.36. The second-order valence-electron chi connectivity index (χ2n) is 8.15. The molecule has 2 aliphatic heterocycles. The summed E-state index contributed by atoms with van der Waals surface area (Å²) in [5.74, 6) is 0.330. The minimum absolute atomic E-state index is 0.0552. The highest BCUT2D eigenvalue weighted by molar-refractivity contribution is 6.07. The summed E-state index contributed by atoms with van der Waals surface area (Å²) in [6.07, 6.45) is 3.45. The Kier molecular flexibility index (Phi) is 4.80. The SMILES string of the molecule is CC1CCC2(CC1)NC(=O)N(CN1CCN(c3ccc(F)cc3)CC1)C2=O. The van der Waals surface area contributed by atoms with E-state index in [1.807, 2.05) is 0 Å². The van der Waals surface area contributed by atoms with Crippen LogP contribution < -0.4 is 10.2 Å². The number of urea groups is 1. The van der Waals surface area contributed by atoms with Crippen LogP contribution in [0.1, 0.15) is 32.6 Å². The average Bonchev–Trinajstić information content (AvgIpc) is 2.90. The van der Waals surface area contributed by atoms with E-state index in [1.165, 1.54) is 17.0 Å². The molecule has 3 fully saturated rings. The summed E-state index contributed by atoms with van der Waals surface area (Å²) in [5.41, 5.74) is 0.334. The minimum Gasteiger partial charge on any atom is -0.369 e. The molecule has 4 rings (SSSR count). The van der Waals surface area contributed by atoms with E-state index in [9.17, 15) is 14.0 Å².